The van der Waals surface area contributed by atoms with E-state index in [0.29, 0.717) is 6.54 Å². The third-order valence-electron chi connectivity index (χ3n) is 2.62. The normalized spacial score (nSPS) is 12.9. The molecule has 1 amide bonds. The molecule has 0 aliphatic heterocycles. The van der Waals surface area contributed by atoms with E-state index in [9.17, 15) is 9.90 Å². The Bertz CT molecular complexity index is 396. The Kier molecular flexibility index (Phi) is 4.71. The van der Waals surface area contributed by atoms with E-state index in [1.54, 1.807) is 23.2 Å². The second-order valence-corrected chi connectivity index (χ2v) is 6.19. The molecule has 0 aliphatic carbocycles. The molecule has 1 N–H and O–H groups in total. The SMILES string of the molecule is Cc1cc(C(=O)N(CC(C)O)C(C)C)c(C)s1. The number of carbonyl (C=O) groups excluding carboxylic acids is 1. The van der Waals surface area contributed by atoms with Gasteiger partial charge in [0.25, 0.3) is 5.91 Å². The summed E-state index contributed by atoms with van der Waals surface area (Å²) in [5.74, 6) is 0.0164. The van der Waals surface area contributed by atoms with Gasteiger partial charge in [0, 0.05) is 22.3 Å². The molecule has 1 unspecified atom stereocenters. The van der Waals surface area contributed by atoms with Crippen LogP contribution in [0.25, 0.3) is 0 Å². The molecule has 0 spiro atoms. The largest absolute Gasteiger partial charge is 0.392 e. The first-order valence-electron chi connectivity index (χ1n) is 5.89. The number of rotatable bonds is 4. The summed E-state index contributed by atoms with van der Waals surface area (Å²) in [5.41, 5.74) is 0.766. The summed E-state index contributed by atoms with van der Waals surface area (Å²) in [6, 6.07) is 2.02. The van der Waals surface area contributed by atoms with Gasteiger partial charge in [0.05, 0.1) is 11.7 Å². The van der Waals surface area contributed by atoms with Gasteiger partial charge in [-0.2, -0.15) is 0 Å². The van der Waals surface area contributed by atoms with E-state index >= 15 is 0 Å². The van der Waals surface area contributed by atoms with Gasteiger partial charge in [0.2, 0.25) is 0 Å². The predicted octanol–water partition coefficient (Wildman–Crippen LogP) is 2.60. The van der Waals surface area contributed by atoms with Gasteiger partial charge in [0.1, 0.15) is 0 Å². The third kappa shape index (κ3) is 3.54. The van der Waals surface area contributed by atoms with Gasteiger partial charge >= 0.3 is 0 Å². The molecule has 1 heterocycles. The summed E-state index contributed by atoms with van der Waals surface area (Å²) in [4.78, 5) is 16.3. The lowest BCUT2D eigenvalue weighted by molar-refractivity contribution is 0.0578. The number of aliphatic hydroxyl groups is 1. The molecule has 17 heavy (non-hydrogen) atoms. The molecular formula is C13H21NO2S. The Morgan fingerprint density at radius 2 is 2.00 bits per heavy atom. The molecule has 1 aromatic heterocycles. The predicted molar refractivity (Wildman–Crippen MR) is 71.6 cm³/mol. The number of carbonyl (C=O) groups is 1. The van der Waals surface area contributed by atoms with Crippen LogP contribution < -0.4 is 0 Å². The van der Waals surface area contributed by atoms with Crippen molar-refractivity contribution >= 4 is 17.2 Å². The number of aliphatic hydroxyl groups excluding tert-OH is 1. The molecule has 0 saturated carbocycles. The fraction of sp³-hybridized carbons (Fsp3) is 0.615. The van der Waals surface area contributed by atoms with Crippen LogP contribution in [-0.4, -0.2) is 34.6 Å². The van der Waals surface area contributed by atoms with E-state index in [2.05, 4.69) is 0 Å². The van der Waals surface area contributed by atoms with Gasteiger partial charge in [-0.3, -0.25) is 4.79 Å². The molecule has 4 heteroatoms. The highest BCUT2D eigenvalue weighted by Gasteiger charge is 2.22. The van der Waals surface area contributed by atoms with Crippen molar-refractivity contribution < 1.29 is 9.90 Å². The van der Waals surface area contributed by atoms with Gasteiger partial charge < -0.3 is 10.0 Å². The third-order valence-corrected chi connectivity index (χ3v) is 3.58. The van der Waals surface area contributed by atoms with Crippen LogP contribution in [0, 0.1) is 13.8 Å². The fourth-order valence-electron chi connectivity index (χ4n) is 1.81. The quantitative estimate of drug-likeness (QED) is 0.898. The maximum Gasteiger partial charge on any atom is 0.255 e. The summed E-state index contributed by atoms with van der Waals surface area (Å²) in [6.45, 7) is 9.98. The van der Waals surface area contributed by atoms with E-state index < -0.39 is 6.10 Å². The number of hydrogen-bond donors (Lipinski definition) is 1. The van der Waals surface area contributed by atoms with Crippen LogP contribution >= 0.6 is 11.3 Å². The molecule has 0 bridgehead atoms. The zero-order valence-corrected chi connectivity index (χ0v) is 12.0. The maximum absolute atomic E-state index is 12.4. The Labute approximate surface area is 107 Å². The van der Waals surface area contributed by atoms with Crippen LogP contribution in [0.2, 0.25) is 0 Å². The lowest BCUT2D eigenvalue weighted by atomic mass is 10.1. The van der Waals surface area contributed by atoms with E-state index in [4.69, 9.17) is 0 Å². The topological polar surface area (TPSA) is 40.5 Å². The Morgan fingerprint density at radius 3 is 2.35 bits per heavy atom. The second kappa shape index (κ2) is 5.65. The minimum atomic E-state index is -0.499. The Balaban J connectivity index is 2.95. The standard InChI is InChI=1S/C13H21NO2S/c1-8(2)14(7-9(3)15)13(16)12-6-10(4)17-11(12)5/h6,8-9,15H,7H2,1-5H3. The minimum Gasteiger partial charge on any atom is -0.392 e. The van der Waals surface area contributed by atoms with Crippen LogP contribution in [0.4, 0.5) is 0 Å². The molecule has 1 atom stereocenters. The second-order valence-electron chi connectivity index (χ2n) is 4.73. The number of thiophene rings is 1. The van der Waals surface area contributed by atoms with Crippen LogP contribution in [0.5, 0.6) is 0 Å². The van der Waals surface area contributed by atoms with Crippen molar-refractivity contribution in [3.63, 3.8) is 0 Å². The van der Waals surface area contributed by atoms with Gasteiger partial charge in [-0.25, -0.2) is 0 Å². The zero-order chi connectivity index (χ0) is 13.2. The van der Waals surface area contributed by atoms with Gasteiger partial charge in [-0.15, -0.1) is 11.3 Å². The molecule has 0 fully saturated rings. The smallest absolute Gasteiger partial charge is 0.255 e. The highest BCUT2D eigenvalue weighted by molar-refractivity contribution is 7.12. The van der Waals surface area contributed by atoms with Crippen molar-refractivity contribution in [1.29, 1.82) is 0 Å². The number of hydrogen-bond acceptors (Lipinski definition) is 3. The minimum absolute atomic E-state index is 0.0164. The first-order valence-corrected chi connectivity index (χ1v) is 6.70. The fourth-order valence-corrected chi connectivity index (χ4v) is 2.73. The van der Waals surface area contributed by atoms with Crippen molar-refractivity contribution in [3.8, 4) is 0 Å². The van der Waals surface area contributed by atoms with Crippen molar-refractivity contribution in [2.45, 2.75) is 46.8 Å². The molecule has 0 aromatic carbocycles. The lowest BCUT2D eigenvalue weighted by Gasteiger charge is -2.28. The molecular weight excluding hydrogens is 234 g/mol. The first-order chi connectivity index (χ1) is 7.82. The molecule has 0 radical (unpaired) electrons. The lowest BCUT2D eigenvalue weighted by Crippen LogP contribution is -2.41. The molecule has 0 aliphatic rings. The van der Waals surface area contributed by atoms with Gasteiger partial charge in [-0.1, -0.05) is 0 Å². The highest BCUT2D eigenvalue weighted by atomic mass is 32.1. The summed E-state index contributed by atoms with van der Waals surface area (Å²) in [6.07, 6.45) is -0.499. The van der Waals surface area contributed by atoms with Gasteiger partial charge in [0.15, 0.2) is 0 Å². The van der Waals surface area contributed by atoms with Crippen LogP contribution in [-0.2, 0) is 0 Å². The van der Waals surface area contributed by atoms with Crippen LogP contribution in [0.15, 0.2) is 6.07 Å². The molecule has 0 saturated heterocycles. The van der Waals surface area contributed by atoms with Crippen LogP contribution in [0.1, 0.15) is 40.9 Å². The maximum atomic E-state index is 12.4. The van der Waals surface area contributed by atoms with E-state index in [1.807, 2.05) is 33.8 Å². The Hall–Kier alpha value is -0.870. The molecule has 1 aromatic rings. The van der Waals surface area contributed by atoms with Crippen LogP contribution in [0.3, 0.4) is 0 Å². The average Bonchev–Trinajstić information content (AvgIpc) is 2.52. The highest BCUT2D eigenvalue weighted by Crippen LogP contribution is 2.22. The monoisotopic (exact) mass is 255 g/mol. The number of amides is 1. The number of aryl methyl sites for hydroxylation is 2. The van der Waals surface area contributed by atoms with E-state index in [0.717, 1.165) is 15.3 Å². The van der Waals surface area contributed by atoms with E-state index in [1.165, 1.54) is 0 Å². The molecule has 96 valence electrons. The van der Waals surface area contributed by atoms with Crippen molar-refractivity contribution in [1.82, 2.24) is 4.90 Å². The number of nitrogens with zero attached hydrogens (tertiary/aromatic N) is 1. The van der Waals surface area contributed by atoms with Crippen molar-refractivity contribution in [3.05, 3.63) is 21.4 Å². The summed E-state index contributed by atoms with van der Waals surface area (Å²) >= 11 is 1.64. The summed E-state index contributed by atoms with van der Waals surface area (Å²) in [5, 5.41) is 9.45. The molecule has 3 nitrogen and oxygen atoms in total. The zero-order valence-electron chi connectivity index (χ0n) is 11.2. The average molecular weight is 255 g/mol. The van der Waals surface area contributed by atoms with Crippen molar-refractivity contribution in [2.24, 2.45) is 0 Å². The summed E-state index contributed by atoms with van der Waals surface area (Å²) in [7, 11) is 0. The van der Waals surface area contributed by atoms with Crippen molar-refractivity contribution in [2.75, 3.05) is 6.54 Å². The molecule has 1 rings (SSSR count). The van der Waals surface area contributed by atoms with Gasteiger partial charge in [-0.05, 0) is 40.7 Å². The summed E-state index contributed by atoms with van der Waals surface area (Å²) < 4.78 is 0. The first kappa shape index (κ1) is 14.2. The van der Waals surface area contributed by atoms with E-state index in [-0.39, 0.29) is 11.9 Å². The Morgan fingerprint density at radius 1 is 1.41 bits per heavy atom.